The second-order valence-electron chi connectivity index (χ2n) is 7.16. The van der Waals surface area contributed by atoms with Gasteiger partial charge in [0.2, 0.25) is 5.91 Å². The third kappa shape index (κ3) is 5.59. The molecule has 5 nitrogen and oxygen atoms in total. The van der Waals surface area contributed by atoms with Crippen LogP contribution in [0.3, 0.4) is 0 Å². The van der Waals surface area contributed by atoms with Gasteiger partial charge < -0.3 is 14.5 Å². The molecule has 148 valence electrons. The van der Waals surface area contributed by atoms with E-state index in [2.05, 4.69) is 0 Å². The Labute approximate surface area is 166 Å². The predicted octanol–water partition coefficient (Wildman–Crippen LogP) is 3.53. The van der Waals surface area contributed by atoms with Gasteiger partial charge in [-0.05, 0) is 44.0 Å². The lowest BCUT2D eigenvalue weighted by Crippen LogP contribution is -2.37. The van der Waals surface area contributed by atoms with E-state index in [1.54, 1.807) is 0 Å². The van der Waals surface area contributed by atoms with Crippen molar-refractivity contribution in [3.63, 3.8) is 0 Å². The summed E-state index contributed by atoms with van der Waals surface area (Å²) in [5.74, 6) is 1.02. The summed E-state index contributed by atoms with van der Waals surface area (Å²) in [4.78, 5) is 28.9. The van der Waals surface area contributed by atoms with Crippen molar-refractivity contribution in [2.45, 2.75) is 26.2 Å². The molecule has 1 fully saturated rings. The maximum atomic E-state index is 12.6. The number of hydrogen-bond donors (Lipinski definition) is 0. The highest BCUT2D eigenvalue weighted by molar-refractivity contribution is 5.94. The molecule has 0 spiro atoms. The zero-order valence-electron chi connectivity index (χ0n) is 16.5. The summed E-state index contributed by atoms with van der Waals surface area (Å²) >= 11 is 0. The first-order valence-electron chi connectivity index (χ1n) is 9.95. The number of carbonyl (C=O) groups excluding carboxylic acids is 2. The molecule has 2 aromatic rings. The number of ether oxygens (including phenoxy) is 1. The van der Waals surface area contributed by atoms with E-state index in [0.29, 0.717) is 51.2 Å². The molecule has 2 amide bonds. The number of amides is 2. The van der Waals surface area contributed by atoms with E-state index < -0.39 is 0 Å². The Morgan fingerprint density at radius 3 is 2.32 bits per heavy atom. The van der Waals surface area contributed by atoms with Crippen LogP contribution in [0.1, 0.15) is 35.2 Å². The van der Waals surface area contributed by atoms with Gasteiger partial charge in [0.15, 0.2) is 0 Å². The summed E-state index contributed by atoms with van der Waals surface area (Å²) in [7, 11) is 0. The third-order valence-corrected chi connectivity index (χ3v) is 4.98. The lowest BCUT2D eigenvalue weighted by molar-refractivity contribution is -0.131. The van der Waals surface area contributed by atoms with Gasteiger partial charge in [-0.1, -0.05) is 35.9 Å². The summed E-state index contributed by atoms with van der Waals surface area (Å²) in [5.41, 5.74) is 1.90. The average Bonchev–Trinajstić information content (AvgIpc) is 2.99. The van der Waals surface area contributed by atoms with Crippen LogP contribution in [0.2, 0.25) is 0 Å². The van der Waals surface area contributed by atoms with Crippen molar-refractivity contribution >= 4 is 11.8 Å². The summed E-state index contributed by atoms with van der Waals surface area (Å²) in [6.07, 6.45) is 1.97. The van der Waals surface area contributed by atoms with Gasteiger partial charge >= 0.3 is 0 Å². The molecule has 3 rings (SSSR count). The number of nitrogens with zero attached hydrogens (tertiary/aromatic N) is 2. The van der Waals surface area contributed by atoms with E-state index in [1.807, 2.05) is 71.3 Å². The summed E-state index contributed by atoms with van der Waals surface area (Å²) in [5, 5.41) is 0. The number of rotatable bonds is 6. The molecule has 0 N–H and O–H groups in total. The summed E-state index contributed by atoms with van der Waals surface area (Å²) in [6.45, 7) is 5.14. The maximum absolute atomic E-state index is 12.6. The lowest BCUT2D eigenvalue weighted by Gasteiger charge is -2.22. The minimum Gasteiger partial charge on any atom is -0.494 e. The van der Waals surface area contributed by atoms with Crippen LogP contribution < -0.4 is 4.74 Å². The van der Waals surface area contributed by atoms with Crippen LogP contribution >= 0.6 is 0 Å². The summed E-state index contributed by atoms with van der Waals surface area (Å²) < 4.78 is 5.70. The van der Waals surface area contributed by atoms with Gasteiger partial charge in [-0.15, -0.1) is 0 Å². The fourth-order valence-corrected chi connectivity index (χ4v) is 3.34. The molecule has 1 aliphatic heterocycles. The Kier molecular flexibility index (Phi) is 7.06. The van der Waals surface area contributed by atoms with Crippen LogP contribution in [0, 0.1) is 6.92 Å². The first kappa shape index (κ1) is 19.9. The Hall–Kier alpha value is -2.82. The molecular weight excluding hydrogens is 352 g/mol. The maximum Gasteiger partial charge on any atom is 0.253 e. The minimum absolute atomic E-state index is 0.0430. The van der Waals surface area contributed by atoms with Gasteiger partial charge in [0.25, 0.3) is 5.91 Å². The van der Waals surface area contributed by atoms with E-state index in [4.69, 9.17) is 4.74 Å². The molecule has 2 aromatic carbocycles. The van der Waals surface area contributed by atoms with Crippen molar-refractivity contribution < 1.29 is 14.3 Å². The molecule has 1 aliphatic rings. The number of aryl methyl sites for hydroxylation is 1. The van der Waals surface area contributed by atoms with Crippen molar-refractivity contribution in [3.8, 4) is 5.75 Å². The van der Waals surface area contributed by atoms with Gasteiger partial charge in [0.1, 0.15) is 5.75 Å². The molecule has 0 aromatic heterocycles. The molecule has 0 bridgehead atoms. The van der Waals surface area contributed by atoms with Crippen molar-refractivity contribution in [3.05, 3.63) is 65.7 Å². The second-order valence-corrected chi connectivity index (χ2v) is 7.16. The van der Waals surface area contributed by atoms with Crippen LogP contribution in [0.15, 0.2) is 54.6 Å². The van der Waals surface area contributed by atoms with Crippen molar-refractivity contribution in [2.75, 3.05) is 32.8 Å². The normalized spacial score (nSPS) is 14.5. The highest BCUT2D eigenvalue weighted by atomic mass is 16.5. The molecule has 1 saturated heterocycles. The van der Waals surface area contributed by atoms with Crippen molar-refractivity contribution in [2.24, 2.45) is 0 Å². The van der Waals surface area contributed by atoms with Gasteiger partial charge in [0.05, 0.1) is 6.61 Å². The third-order valence-electron chi connectivity index (χ3n) is 4.98. The quantitative estimate of drug-likeness (QED) is 0.721. The predicted molar refractivity (Wildman–Crippen MR) is 109 cm³/mol. The number of benzene rings is 2. The molecule has 28 heavy (non-hydrogen) atoms. The van der Waals surface area contributed by atoms with Gasteiger partial charge in [-0.2, -0.15) is 0 Å². The fraction of sp³-hybridized carbons (Fsp3) is 0.391. The van der Waals surface area contributed by atoms with Crippen LogP contribution in [0.5, 0.6) is 5.75 Å². The van der Waals surface area contributed by atoms with Crippen molar-refractivity contribution in [1.29, 1.82) is 0 Å². The smallest absolute Gasteiger partial charge is 0.253 e. The highest BCUT2D eigenvalue weighted by Crippen LogP contribution is 2.13. The van der Waals surface area contributed by atoms with Gasteiger partial charge in [-0.25, -0.2) is 0 Å². The Morgan fingerprint density at radius 1 is 0.893 bits per heavy atom. The molecule has 1 heterocycles. The van der Waals surface area contributed by atoms with E-state index in [0.717, 1.165) is 12.2 Å². The Bertz CT molecular complexity index is 774. The molecule has 0 atom stereocenters. The minimum atomic E-state index is 0.0430. The largest absolute Gasteiger partial charge is 0.494 e. The molecule has 0 unspecified atom stereocenters. The second kappa shape index (κ2) is 9.93. The highest BCUT2D eigenvalue weighted by Gasteiger charge is 2.22. The number of hydrogen-bond acceptors (Lipinski definition) is 3. The molecule has 0 saturated carbocycles. The van der Waals surface area contributed by atoms with E-state index >= 15 is 0 Å². The summed E-state index contributed by atoms with van der Waals surface area (Å²) in [6, 6.07) is 17.3. The monoisotopic (exact) mass is 380 g/mol. The topological polar surface area (TPSA) is 49.9 Å². The molecular formula is C23H28N2O3. The SMILES string of the molecule is Cc1ccc(OCCCC(=O)N2CCCN(C(=O)c3ccccc3)CC2)cc1. The average molecular weight is 380 g/mol. The first-order valence-corrected chi connectivity index (χ1v) is 9.95. The standard InChI is InChI=1S/C23H28N2O3/c1-19-10-12-21(13-11-19)28-18-5-9-22(26)24-14-6-15-25(17-16-24)23(27)20-7-3-2-4-8-20/h2-4,7-8,10-13H,5-6,9,14-18H2,1H3. The number of carbonyl (C=O) groups is 2. The van der Waals surface area contributed by atoms with Crippen molar-refractivity contribution in [1.82, 2.24) is 9.80 Å². The zero-order valence-corrected chi connectivity index (χ0v) is 16.5. The molecule has 5 heteroatoms. The van der Waals surface area contributed by atoms with Crippen LogP contribution in [0.4, 0.5) is 0 Å². The zero-order chi connectivity index (χ0) is 19.8. The lowest BCUT2D eigenvalue weighted by atomic mass is 10.2. The van der Waals surface area contributed by atoms with Gasteiger partial charge in [0, 0.05) is 38.2 Å². The van der Waals surface area contributed by atoms with Gasteiger partial charge in [-0.3, -0.25) is 9.59 Å². The fourth-order valence-electron chi connectivity index (χ4n) is 3.34. The van der Waals surface area contributed by atoms with E-state index in [9.17, 15) is 9.59 Å². The van der Waals surface area contributed by atoms with Crippen LogP contribution in [0.25, 0.3) is 0 Å². The molecule has 0 radical (unpaired) electrons. The van der Waals surface area contributed by atoms with Crippen LogP contribution in [-0.2, 0) is 4.79 Å². The van der Waals surface area contributed by atoms with E-state index in [1.165, 1.54) is 5.56 Å². The Morgan fingerprint density at radius 2 is 1.57 bits per heavy atom. The first-order chi connectivity index (χ1) is 13.6. The Balaban J connectivity index is 1.41. The van der Waals surface area contributed by atoms with Crippen LogP contribution in [-0.4, -0.2) is 54.4 Å². The van der Waals surface area contributed by atoms with E-state index in [-0.39, 0.29) is 11.8 Å². The molecule has 0 aliphatic carbocycles.